The van der Waals surface area contributed by atoms with E-state index in [0.717, 1.165) is 42.3 Å². The topological polar surface area (TPSA) is 37.4 Å². The van der Waals surface area contributed by atoms with Crippen LogP contribution in [0.3, 0.4) is 0 Å². The van der Waals surface area contributed by atoms with Gasteiger partial charge < -0.3 is 4.90 Å². The molecule has 3 aliphatic rings. The van der Waals surface area contributed by atoms with Gasteiger partial charge in [-0.05, 0) is 49.8 Å². The van der Waals surface area contributed by atoms with Crippen molar-refractivity contribution in [3.8, 4) is 0 Å². The lowest BCUT2D eigenvalue weighted by atomic mass is 9.60. The summed E-state index contributed by atoms with van der Waals surface area (Å²) in [5, 5.41) is 0. The number of anilines is 1. The minimum Gasteiger partial charge on any atom is -0.367 e. The average molecular weight is 362 g/mol. The second-order valence-corrected chi connectivity index (χ2v) is 7.74. The number of carbonyl (C=O) groups is 2. The van der Waals surface area contributed by atoms with Crippen LogP contribution in [-0.4, -0.2) is 24.2 Å². The molecule has 1 saturated heterocycles. The van der Waals surface area contributed by atoms with Crippen molar-refractivity contribution in [3.05, 3.63) is 28.2 Å². The number of ketones is 2. The number of hydrogen-bond donors (Lipinski definition) is 0. The summed E-state index contributed by atoms with van der Waals surface area (Å²) in [6.45, 7) is 0.955. The van der Waals surface area contributed by atoms with Crippen molar-refractivity contribution < 1.29 is 9.59 Å². The standard InChI is InChI=1S/C18H20BrNO2/c19-13-8-7-12-11-18(16(21)5-3-6-17(18)22)15-4-1-2-9-20(15)14(12)10-13/h7-8,10,15H,1-6,9,11H2/t15-/m1/s1. The van der Waals surface area contributed by atoms with Gasteiger partial charge >= 0.3 is 0 Å². The van der Waals surface area contributed by atoms with E-state index in [0.29, 0.717) is 19.3 Å². The molecular formula is C18H20BrNO2. The van der Waals surface area contributed by atoms with Crippen molar-refractivity contribution in [2.75, 3.05) is 11.4 Å². The number of benzene rings is 1. The highest BCUT2D eigenvalue weighted by Crippen LogP contribution is 2.49. The molecule has 1 spiro atoms. The summed E-state index contributed by atoms with van der Waals surface area (Å²) in [5.74, 6) is 0.378. The monoisotopic (exact) mass is 361 g/mol. The molecule has 4 rings (SSSR count). The molecule has 0 amide bonds. The molecule has 0 aromatic heterocycles. The lowest BCUT2D eigenvalue weighted by Gasteiger charge is -2.53. The van der Waals surface area contributed by atoms with Gasteiger partial charge in [-0.15, -0.1) is 0 Å². The summed E-state index contributed by atoms with van der Waals surface area (Å²) in [4.78, 5) is 28.1. The molecule has 0 N–H and O–H groups in total. The van der Waals surface area contributed by atoms with Crippen molar-refractivity contribution in [2.45, 2.75) is 51.0 Å². The van der Waals surface area contributed by atoms with E-state index >= 15 is 0 Å². The number of nitrogens with zero attached hydrogens (tertiary/aromatic N) is 1. The molecule has 1 saturated carbocycles. The smallest absolute Gasteiger partial charge is 0.148 e. The van der Waals surface area contributed by atoms with Gasteiger partial charge in [-0.3, -0.25) is 9.59 Å². The van der Waals surface area contributed by atoms with Crippen LogP contribution in [0.2, 0.25) is 0 Å². The van der Waals surface area contributed by atoms with Crippen LogP contribution < -0.4 is 4.90 Å². The summed E-state index contributed by atoms with van der Waals surface area (Å²) >= 11 is 3.56. The van der Waals surface area contributed by atoms with E-state index in [1.807, 2.05) is 6.07 Å². The highest BCUT2D eigenvalue weighted by atomic mass is 79.9. The van der Waals surface area contributed by atoms with Crippen molar-refractivity contribution in [3.63, 3.8) is 0 Å². The third-order valence-corrected chi connectivity index (χ3v) is 6.19. The van der Waals surface area contributed by atoms with E-state index < -0.39 is 5.41 Å². The number of rotatable bonds is 0. The highest BCUT2D eigenvalue weighted by Gasteiger charge is 2.57. The van der Waals surface area contributed by atoms with Crippen molar-refractivity contribution in [2.24, 2.45) is 5.41 Å². The fourth-order valence-corrected chi connectivity index (χ4v) is 5.03. The Hall–Kier alpha value is -1.16. The molecule has 1 aromatic carbocycles. The molecule has 0 bridgehead atoms. The van der Waals surface area contributed by atoms with Crippen LogP contribution in [-0.2, 0) is 16.0 Å². The molecule has 0 unspecified atom stereocenters. The number of carbonyl (C=O) groups excluding carboxylic acids is 2. The summed E-state index contributed by atoms with van der Waals surface area (Å²) in [7, 11) is 0. The first-order valence-electron chi connectivity index (χ1n) is 8.24. The maximum Gasteiger partial charge on any atom is 0.148 e. The van der Waals surface area contributed by atoms with Gasteiger partial charge in [0.05, 0.1) is 0 Å². The Kier molecular flexibility index (Phi) is 3.40. The predicted octanol–water partition coefficient (Wildman–Crippen LogP) is 3.67. The van der Waals surface area contributed by atoms with E-state index in [2.05, 4.69) is 33.0 Å². The molecule has 1 aromatic rings. The molecule has 3 nitrogen and oxygen atoms in total. The van der Waals surface area contributed by atoms with Gasteiger partial charge in [0.1, 0.15) is 17.0 Å². The molecule has 0 radical (unpaired) electrons. The second-order valence-electron chi connectivity index (χ2n) is 6.83. The maximum absolute atomic E-state index is 12.9. The third kappa shape index (κ3) is 1.92. The number of halogens is 1. The Balaban J connectivity index is 1.89. The fourth-order valence-electron chi connectivity index (χ4n) is 4.68. The van der Waals surface area contributed by atoms with Crippen LogP contribution in [0, 0.1) is 5.41 Å². The zero-order chi connectivity index (χ0) is 15.3. The van der Waals surface area contributed by atoms with E-state index in [1.165, 1.54) is 5.69 Å². The number of fused-ring (bicyclic) bond motifs is 4. The molecule has 22 heavy (non-hydrogen) atoms. The lowest BCUT2D eigenvalue weighted by Crippen LogP contribution is -2.62. The van der Waals surface area contributed by atoms with Gasteiger partial charge in [0.15, 0.2) is 0 Å². The Bertz CT molecular complexity index is 638. The van der Waals surface area contributed by atoms with Gasteiger partial charge in [-0.2, -0.15) is 0 Å². The van der Waals surface area contributed by atoms with Crippen molar-refractivity contribution >= 4 is 33.2 Å². The molecule has 2 fully saturated rings. The van der Waals surface area contributed by atoms with E-state index in [4.69, 9.17) is 0 Å². The first kappa shape index (κ1) is 14.4. The predicted molar refractivity (Wildman–Crippen MR) is 89.1 cm³/mol. The number of hydrogen-bond acceptors (Lipinski definition) is 3. The van der Waals surface area contributed by atoms with Crippen LogP contribution in [0.4, 0.5) is 5.69 Å². The van der Waals surface area contributed by atoms with Gasteiger partial charge in [0.2, 0.25) is 0 Å². The molecule has 116 valence electrons. The number of Topliss-reactive ketones (excluding diaryl/α,β-unsaturated/α-hetero) is 2. The Morgan fingerprint density at radius 3 is 2.64 bits per heavy atom. The van der Waals surface area contributed by atoms with Crippen LogP contribution in [0.25, 0.3) is 0 Å². The second kappa shape index (κ2) is 5.19. The summed E-state index contributed by atoms with van der Waals surface area (Å²) in [6, 6.07) is 6.33. The van der Waals surface area contributed by atoms with Crippen molar-refractivity contribution in [1.82, 2.24) is 0 Å². The molecule has 4 heteroatoms. The zero-order valence-corrected chi connectivity index (χ0v) is 14.2. The Morgan fingerprint density at radius 2 is 1.86 bits per heavy atom. The lowest BCUT2D eigenvalue weighted by molar-refractivity contribution is -0.146. The minimum absolute atomic E-state index is 0.0725. The first-order valence-corrected chi connectivity index (χ1v) is 9.04. The normalized spacial score (nSPS) is 26.8. The van der Waals surface area contributed by atoms with Crippen LogP contribution in [0.1, 0.15) is 44.1 Å². The summed E-state index contributed by atoms with van der Waals surface area (Å²) < 4.78 is 1.06. The maximum atomic E-state index is 12.9. The summed E-state index contributed by atoms with van der Waals surface area (Å²) in [5.41, 5.74) is 1.61. The van der Waals surface area contributed by atoms with E-state index in [1.54, 1.807) is 0 Å². The molecule has 2 heterocycles. The molecular weight excluding hydrogens is 342 g/mol. The van der Waals surface area contributed by atoms with Crippen LogP contribution in [0.5, 0.6) is 0 Å². The van der Waals surface area contributed by atoms with E-state index in [9.17, 15) is 9.59 Å². The van der Waals surface area contributed by atoms with E-state index in [-0.39, 0.29) is 17.6 Å². The third-order valence-electron chi connectivity index (χ3n) is 5.70. The van der Waals surface area contributed by atoms with Gasteiger partial charge in [0, 0.05) is 35.6 Å². The Labute approximate surface area is 139 Å². The van der Waals surface area contributed by atoms with Crippen LogP contribution >= 0.6 is 15.9 Å². The zero-order valence-electron chi connectivity index (χ0n) is 12.6. The molecule has 1 atom stereocenters. The van der Waals surface area contributed by atoms with Gasteiger partial charge in [0.25, 0.3) is 0 Å². The molecule has 1 aliphatic carbocycles. The largest absolute Gasteiger partial charge is 0.367 e. The number of piperidine rings is 1. The summed E-state index contributed by atoms with van der Waals surface area (Å²) in [6.07, 6.45) is 5.70. The molecule has 2 aliphatic heterocycles. The minimum atomic E-state index is -0.764. The first-order chi connectivity index (χ1) is 10.6. The quantitative estimate of drug-likeness (QED) is 0.661. The highest BCUT2D eigenvalue weighted by molar-refractivity contribution is 9.10. The van der Waals surface area contributed by atoms with Crippen LogP contribution in [0.15, 0.2) is 22.7 Å². The SMILES string of the molecule is O=C1CCCC(=O)C12Cc1ccc(Br)cc1N1CCCC[C@@H]12. The van der Waals surface area contributed by atoms with Crippen molar-refractivity contribution in [1.29, 1.82) is 0 Å². The van der Waals surface area contributed by atoms with Gasteiger partial charge in [-0.25, -0.2) is 0 Å². The Morgan fingerprint density at radius 1 is 1.09 bits per heavy atom. The van der Waals surface area contributed by atoms with Gasteiger partial charge in [-0.1, -0.05) is 22.0 Å². The average Bonchev–Trinajstić information content (AvgIpc) is 2.53. The fraction of sp³-hybridized carbons (Fsp3) is 0.556.